The Hall–Kier alpha value is -2.15. The first kappa shape index (κ1) is 21.2. The average molecular weight is 399 g/mol. The fourth-order valence-corrected chi connectivity index (χ4v) is 3.21. The van der Waals surface area contributed by atoms with Crippen molar-refractivity contribution in [2.45, 2.75) is 51.7 Å². The number of rotatable bonds is 6. The summed E-state index contributed by atoms with van der Waals surface area (Å²) in [6.45, 7) is 7.00. The van der Waals surface area contributed by atoms with E-state index in [1.807, 2.05) is 0 Å². The van der Waals surface area contributed by atoms with Crippen LogP contribution in [0.2, 0.25) is 5.02 Å². The third-order valence-electron chi connectivity index (χ3n) is 4.21. The van der Waals surface area contributed by atoms with Crippen LogP contribution in [0.25, 0.3) is 0 Å². The van der Waals surface area contributed by atoms with Crippen LogP contribution in [-0.4, -0.2) is 49.0 Å². The fourth-order valence-electron chi connectivity index (χ4n) is 2.98. The minimum atomic E-state index is -1.17. The molecule has 1 aromatic carbocycles. The van der Waals surface area contributed by atoms with Crippen LogP contribution in [0.5, 0.6) is 5.75 Å². The lowest BCUT2D eigenvalue weighted by atomic mass is 10.0. The lowest BCUT2D eigenvalue weighted by Crippen LogP contribution is -2.44. The Kier molecular flexibility index (Phi) is 6.81. The summed E-state index contributed by atoms with van der Waals surface area (Å²) in [5.74, 6) is -0.530. The lowest BCUT2D eigenvalue weighted by Gasteiger charge is -2.24. The molecular weight excluding hydrogens is 372 g/mol. The van der Waals surface area contributed by atoms with Crippen molar-refractivity contribution in [2.24, 2.45) is 0 Å². The van der Waals surface area contributed by atoms with Crippen LogP contribution in [0.4, 0.5) is 10.5 Å². The topological polar surface area (TPSA) is 88.1 Å². The first-order valence-electron chi connectivity index (χ1n) is 8.94. The maximum atomic E-state index is 11.9. The van der Waals surface area contributed by atoms with Crippen molar-refractivity contribution >= 4 is 29.4 Å². The number of halogens is 1. The highest BCUT2D eigenvalue weighted by molar-refractivity contribution is 6.31. The number of carbonyl (C=O) groups is 2. The number of aliphatic carboxylic acids is 1. The van der Waals surface area contributed by atoms with Gasteiger partial charge in [-0.25, -0.2) is 9.59 Å². The monoisotopic (exact) mass is 398 g/mol. The van der Waals surface area contributed by atoms with Gasteiger partial charge in [-0.1, -0.05) is 11.6 Å². The van der Waals surface area contributed by atoms with Gasteiger partial charge in [-0.3, -0.25) is 0 Å². The van der Waals surface area contributed by atoms with E-state index in [-0.39, 0.29) is 6.42 Å². The van der Waals surface area contributed by atoms with Crippen LogP contribution in [0.15, 0.2) is 12.1 Å². The third-order valence-corrected chi connectivity index (χ3v) is 4.56. The lowest BCUT2D eigenvalue weighted by molar-refractivity contribution is -0.139. The normalized spacial score (nSPS) is 15.4. The Morgan fingerprint density at radius 2 is 1.93 bits per heavy atom. The molecule has 8 heteroatoms. The Bertz CT molecular complexity index is 696. The van der Waals surface area contributed by atoms with E-state index in [2.05, 4.69) is 10.2 Å². The van der Waals surface area contributed by atoms with E-state index >= 15 is 0 Å². The SMILES string of the molecule is COc1cc(CC(NC(=O)OC(C)(C)C)C(=O)O)c(Cl)cc1N1CCCC1. The smallest absolute Gasteiger partial charge is 0.408 e. The summed E-state index contributed by atoms with van der Waals surface area (Å²) in [7, 11) is 1.57. The van der Waals surface area contributed by atoms with Crippen LogP contribution in [0.1, 0.15) is 39.2 Å². The van der Waals surface area contributed by atoms with Crippen LogP contribution < -0.4 is 15.0 Å². The Labute approximate surface area is 164 Å². The summed E-state index contributed by atoms with van der Waals surface area (Å²) >= 11 is 6.41. The number of carboxylic acid groups (broad SMARTS) is 1. The molecule has 2 rings (SSSR count). The summed E-state index contributed by atoms with van der Waals surface area (Å²) < 4.78 is 10.6. The molecule has 1 aromatic rings. The van der Waals surface area contributed by atoms with Crippen molar-refractivity contribution in [1.82, 2.24) is 5.32 Å². The highest BCUT2D eigenvalue weighted by atomic mass is 35.5. The van der Waals surface area contributed by atoms with Crippen molar-refractivity contribution in [2.75, 3.05) is 25.1 Å². The highest BCUT2D eigenvalue weighted by Crippen LogP contribution is 2.36. The van der Waals surface area contributed by atoms with Gasteiger partial charge in [0.05, 0.1) is 12.8 Å². The van der Waals surface area contributed by atoms with Gasteiger partial charge in [0.25, 0.3) is 0 Å². The third kappa shape index (κ3) is 5.92. The van der Waals surface area contributed by atoms with Crippen molar-refractivity contribution in [3.63, 3.8) is 0 Å². The zero-order valence-corrected chi connectivity index (χ0v) is 16.9. The molecule has 0 spiro atoms. The summed E-state index contributed by atoms with van der Waals surface area (Å²) in [4.78, 5) is 25.7. The number of methoxy groups -OCH3 is 1. The number of hydrogen-bond acceptors (Lipinski definition) is 5. The van der Waals surface area contributed by atoms with Crippen LogP contribution in [0, 0.1) is 0 Å². The Morgan fingerprint density at radius 3 is 2.44 bits per heavy atom. The fraction of sp³-hybridized carbons (Fsp3) is 0.579. The number of anilines is 1. The molecule has 0 aliphatic carbocycles. The quantitative estimate of drug-likeness (QED) is 0.762. The average Bonchev–Trinajstić information content (AvgIpc) is 3.07. The van der Waals surface area contributed by atoms with E-state index < -0.39 is 23.7 Å². The van der Waals surface area contributed by atoms with Crippen LogP contribution in [0.3, 0.4) is 0 Å². The molecule has 1 saturated heterocycles. The number of nitrogens with one attached hydrogen (secondary N) is 1. The molecule has 0 aromatic heterocycles. The molecule has 1 aliphatic heterocycles. The van der Waals surface area contributed by atoms with Crippen molar-refractivity contribution in [1.29, 1.82) is 0 Å². The van der Waals surface area contributed by atoms with Gasteiger partial charge >= 0.3 is 12.1 Å². The molecule has 2 N–H and O–H groups in total. The molecular formula is C19H27ClN2O5. The largest absolute Gasteiger partial charge is 0.495 e. The zero-order valence-electron chi connectivity index (χ0n) is 16.2. The van der Waals surface area contributed by atoms with Gasteiger partial charge in [0.2, 0.25) is 0 Å². The number of carboxylic acids is 1. The predicted octanol–water partition coefficient (Wildman–Crippen LogP) is 3.47. The molecule has 1 heterocycles. The molecule has 150 valence electrons. The second-order valence-corrected chi connectivity index (χ2v) is 7.96. The maximum absolute atomic E-state index is 11.9. The Morgan fingerprint density at radius 1 is 1.30 bits per heavy atom. The number of carbonyl (C=O) groups excluding carboxylic acids is 1. The van der Waals surface area contributed by atoms with Crippen molar-refractivity contribution < 1.29 is 24.2 Å². The second kappa shape index (κ2) is 8.69. The van der Waals surface area contributed by atoms with E-state index in [4.69, 9.17) is 21.1 Å². The van der Waals surface area contributed by atoms with E-state index in [1.165, 1.54) is 0 Å². The van der Waals surface area contributed by atoms with Crippen LogP contribution in [-0.2, 0) is 16.0 Å². The van der Waals surface area contributed by atoms with Gasteiger partial charge in [-0.2, -0.15) is 0 Å². The summed E-state index contributed by atoms with van der Waals surface area (Å²) in [5, 5.41) is 12.3. The number of hydrogen-bond donors (Lipinski definition) is 2. The van der Waals surface area contributed by atoms with E-state index in [1.54, 1.807) is 40.0 Å². The minimum absolute atomic E-state index is 0.0179. The molecule has 7 nitrogen and oxygen atoms in total. The molecule has 1 amide bonds. The van der Waals surface area contributed by atoms with Gasteiger partial charge in [-0.15, -0.1) is 0 Å². The number of benzene rings is 1. The number of ether oxygens (including phenoxy) is 2. The number of nitrogens with zero attached hydrogens (tertiary/aromatic N) is 1. The second-order valence-electron chi connectivity index (χ2n) is 7.55. The highest BCUT2D eigenvalue weighted by Gasteiger charge is 2.26. The number of alkyl carbamates (subject to hydrolysis) is 1. The van der Waals surface area contributed by atoms with Gasteiger partial charge in [0, 0.05) is 24.5 Å². The maximum Gasteiger partial charge on any atom is 0.408 e. The van der Waals surface area contributed by atoms with E-state index in [0.29, 0.717) is 16.3 Å². The van der Waals surface area contributed by atoms with Crippen molar-refractivity contribution in [3.8, 4) is 5.75 Å². The Balaban J connectivity index is 2.19. The summed E-state index contributed by atoms with van der Waals surface area (Å²) in [5.41, 5.74) is 0.765. The van der Waals surface area contributed by atoms with Crippen molar-refractivity contribution in [3.05, 3.63) is 22.7 Å². The molecule has 27 heavy (non-hydrogen) atoms. The predicted molar refractivity (Wildman–Crippen MR) is 104 cm³/mol. The summed E-state index contributed by atoms with van der Waals surface area (Å²) in [6, 6.07) is 2.37. The van der Waals surface area contributed by atoms with Gasteiger partial charge in [-0.05, 0) is 51.3 Å². The van der Waals surface area contributed by atoms with Gasteiger partial charge in [0.1, 0.15) is 17.4 Å². The molecule has 0 saturated carbocycles. The molecule has 1 aliphatic rings. The first-order chi connectivity index (χ1) is 12.6. The minimum Gasteiger partial charge on any atom is -0.495 e. The van der Waals surface area contributed by atoms with Gasteiger partial charge < -0.3 is 24.8 Å². The molecule has 1 atom stereocenters. The first-order valence-corrected chi connectivity index (χ1v) is 9.32. The molecule has 0 radical (unpaired) electrons. The number of amides is 1. The zero-order chi connectivity index (χ0) is 20.2. The molecule has 0 bridgehead atoms. The van der Waals surface area contributed by atoms with E-state index in [9.17, 15) is 14.7 Å². The molecule has 1 fully saturated rings. The summed E-state index contributed by atoms with van der Waals surface area (Å²) in [6.07, 6.45) is 1.46. The molecule has 1 unspecified atom stereocenters. The van der Waals surface area contributed by atoms with E-state index in [0.717, 1.165) is 31.6 Å². The standard InChI is InChI=1S/C19H27ClN2O5/c1-19(2,3)27-18(25)21-14(17(23)24)9-12-10-16(26-4)15(11-13(12)20)22-7-5-6-8-22/h10-11,14H,5-9H2,1-4H3,(H,21,25)(H,23,24). The van der Waals surface area contributed by atoms with Gasteiger partial charge in [0.15, 0.2) is 0 Å². The van der Waals surface area contributed by atoms with Crippen LogP contribution >= 0.6 is 11.6 Å².